The first-order chi connectivity index (χ1) is 15.4. The normalized spacial score (nSPS) is 14.5. The van der Waals surface area contributed by atoms with E-state index in [2.05, 4.69) is 5.43 Å². The van der Waals surface area contributed by atoms with E-state index < -0.39 is 16.7 Å². The summed E-state index contributed by atoms with van der Waals surface area (Å²) in [5.41, 5.74) is 3.56. The molecule has 2 amide bonds. The summed E-state index contributed by atoms with van der Waals surface area (Å²) in [4.78, 5) is 36.0. The van der Waals surface area contributed by atoms with Gasteiger partial charge in [-0.2, -0.15) is 0 Å². The van der Waals surface area contributed by atoms with E-state index in [1.807, 2.05) is 0 Å². The highest BCUT2D eigenvalue weighted by Gasteiger charge is 2.34. The Morgan fingerprint density at radius 3 is 2.47 bits per heavy atom. The van der Waals surface area contributed by atoms with Crippen molar-refractivity contribution in [1.29, 1.82) is 0 Å². The molecule has 0 atom stereocenters. The van der Waals surface area contributed by atoms with Gasteiger partial charge in [-0.3, -0.25) is 25.1 Å². The highest BCUT2D eigenvalue weighted by atomic mass is 35.5. The van der Waals surface area contributed by atoms with E-state index >= 15 is 0 Å². The fourth-order valence-electron chi connectivity index (χ4n) is 3.14. The SMILES string of the molecule is O=C1NN(c2ccccc2)C(=O)C1=Cc1ccc(OCc2ccccc2Cl)c([N+](=O)[O-])c1. The molecule has 0 aromatic heterocycles. The molecular weight excluding hydrogens is 434 g/mol. The first kappa shape index (κ1) is 21.1. The van der Waals surface area contributed by atoms with Gasteiger partial charge in [0, 0.05) is 16.7 Å². The molecule has 160 valence electrons. The topological polar surface area (TPSA) is 102 Å². The predicted molar refractivity (Wildman–Crippen MR) is 119 cm³/mol. The molecule has 8 nitrogen and oxygen atoms in total. The van der Waals surface area contributed by atoms with Crippen LogP contribution < -0.4 is 15.2 Å². The monoisotopic (exact) mass is 449 g/mol. The van der Waals surface area contributed by atoms with E-state index in [4.69, 9.17) is 16.3 Å². The maximum atomic E-state index is 12.7. The number of para-hydroxylation sites is 1. The molecule has 0 saturated carbocycles. The molecule has 9 heteroatoms. The average Bonchev–Trinajstić information content (AvgIpc) is 3.08. The largest absolute Gasteiger partial charge is 0.482 e. The minimum absolute atomic E-state index is 0.0465. The van der Waals surface area contributed by atoms with Crippen LogP contribution >= 0.6 is 11.6 Å². The van der Waals surface area contributed by atoms with Gasteiger partial charge in [-0.05, 0) is 35.9 Å². The number of anilines is 1. The summed E-state index contributed by atoms with van der Waals surface area (Å²) in [7, 11) is 0. The average molecular weight is 450 g/mol. The zero-order valence-electron chi connectivity index (χ0n) is 16.5. The maximum Gasteiger partial charge on any atom is 0.311 e. The lowest BCUT2D eigenvalue weighted by Crippen LogP contribution is -2.35. The van der Waals surface area contributed by atoms with E-state index in [0.717, 1.165) is 5.01 Å². The highest BCUT2D eigenvalue weighted by Crippen LogP contribution is 2.31. The van der Waals surface area contributed by atoms with Crippen molar-refractivity contribution < 1.29 is 19.2 Å². The molecule has 1 N–H and O–H groups in total. The lowest BCUT2D eigenvalue weighted by atomic mass is 10.1. The van der Waals surface area contributed by atoms with E-state index in [-0.39, 0.29) is 23.6 Å². The van der Waals surface area contributed by atoms with Gasteiger partial charge in [0.05, 0.1) is 10.6 Å². The zero-order chi connectivity index (χ0) is 22.7. The minimum Gasteiger partial charge on any atom is -0.482 e. The van der Waals surface area contributed by atoms with Crippen molar-refractivity contribution in [2.24, 2.45) is 0 Å². The predicted octanol–water partition coefficient (Wildman–Crippen LogP) is 4.29. The maximum absolute atomic E-state index is 12.7. The van der Waals surface area contributed by atoms with E-state index in [1.54, 1.807) is 54.6 Å². The quantitative estimate of drug-likeness (QED) is 0.262. The first-order valence-electron chi connectivity index (χ1n) is 9.51. The minimum atomic E-state index is -0.597. The third-order valence-corrected chi connectivity index (χ3v) is 5.11. The van der Waals surface area contributed by atoms with Crippen molar-refractivity contribution in [1.82, 2.24) is 5.43 Å². The second-order valence-corrected chi connectivity index (χ2v) is 7.25. The number of carbonyl (C=O) groups is 2. The molecule has 0 bridgehead atoms. The third-order valence-electron chi connectivity index (χ3n) is 4.74. The summed E-state index contributed by atoms with van der Waals surface area (Å²) < 4.78 is 5.61. The van der Waals surface area contributed by atoms with Crippen molar-refractivity contribution >= 4 is 40.9 Å². The van der Waals surface area contributed by atoms with Gasteiger partial charge in [0.15, 0.2) is 5.75 Å². The summed E-state index contributed by atoms with van der Waals surface area (Å²) >= 11 is 6.10. The van der Waals surface area contributed by atoms with Crippen LogP contribution in [0.25, 0.3) is 6.08 Å². The van der Waals surface area contributed by atoms with E-state index in [0.29, 0.717) is 21.8 Å². The number of nitrogens with zero attached hydrogens (tertiary/aromatic N) is 2. The summed E-state index contributed by atoms with van der Waals surface area (Å²) in [5.74, 6) is -1.10. The molecule has 1 heterocycles. The Morgan fingerprint density at radius 2 is 1.75 bits per heavy atom. The van der Waals surface area contributed by atoms with Crippen LogP contribution in [0.15, 0.2) is 78.4 Å². The second-order valence-electron chi connectivity index (χ2n) is 6.84. The molecule has 3 aromatic rings. The second kappa shape index (κ2) is 8.91. The van der Waals surface area contributed by atoms with E-state index in [9.17, 15) is 19.7 Å². The number of nitrogens with one attached hydrogen (secondary N) is 1. The Balaban J connectivity index is 1.59. The standard InChI is InChI=1S/C23H16ClN3O5/c24-19-9-5-4-6-16(19)14-32-21-11-10-15(13-20(21)27(30)31)12-18-22(28)25-26(23(18)29)17-7-2-1-3-8-17/h1-13H,14H2,(H,25,28). The first-order valence-corrected chi connectivity index (χ1v) is 9.88. The van der Waals surface area contributed by atoms with Crippen LogP contribution in [0.4, 0.5) is 11.4 Å². The number of rotatable bonds is 6. The fraction of sp³-hybridized carbons (Fsp3) is 0.0435. The summed E-state index contributed by atoms with van der Waals surface area (Å²) in [6, 6.07) is 19.9. The summed E-state index contributed by atoms with van der Waals surface area (Å²) in [5, 5.41) is 13.2. The van der Waals surface area contributed by atoms with Crippen LogP contribution in [0, 0.1) is 10.1 Å². The van der Waals surface area contributed by atoms with Crippen molar-refractivity contribution in [2.45, 2.75) is 6.61 Å². The molecule has 0 spiro atoms. The van der Waals surface area contributed by atoms with Crippen molar-refractivity contribution in [3.63, 3.8) is 0 Å². The number of hydrogen-bond acceptors (Lipinski definition) is 5. The Kier molecular flexibility index (Phi) is 5.87. The molecule has 1 aliphatic heterocycles. The molecule has 4 rings (SSSR count). The number of hydrazine groups is 1. The van der Waals surface area contributed by atoms with Crippen molar-refractivity contribution in [3.05, 3.63) is 105 Å². The zero-order valence-corrected chi connectivity index (χ0v) is 17.3. The van der Waals surface area contributed by atoms with Crippen LogP contribution in [0.2, 0.25) is 5.02 Å². The third kappa shape index (κ3) is 4.30. The Hall–Kier alpha value is -4.17. The molecule has 0 unspecified atom stereocenters. The van der Waals surface area contributed by atoms with Gasteiger partial charge in [0.1, 0.15) is 12.2 Å². The molecular formula is C23H16ClN3O5. The molecule has 1 saturated heterocycles. The molecule has 1 fully saturated rings. The van der Waals surface area contributed by atoms with Crippen LogP contribution in [0.5, 0.6) is 5.75 Å². The van der Waals surface area contributed by atoms with Gasteiger partial charge in [0.2, 0.25) is 0 Å². The van der Waals surface area contributed by atoms with Gasteiger partial charge in [-0.25, -0.2) is 5.01 Å². The highest BCUT2D eigenvalue weighted by molar-refractivity contribution is 6.32. The number of nitro benzene ring substituents is 1. The van der Waals surface area contributed by atoms with Gasteiger partial charge in [-0.15, -0.1) is 0 Å². The van der Waals surface area contributed by atoms with Gasteiger partial charge in [0.25, 0.3) is 11.8 Å². The number of ether oxygens (including phenoxy) is 1. The summed E-state index contributed by atoms with van der Waals surface area (Å²) in [6.45, 7) is 0.0495. The number of halogens is 1. The fourth-order valence-corrected chi connectivity index (χ4v) is 3.33. The smallest absolute Gasteiger partial charge is 0.311 e. The summed E-state index contributed by atoms with van der Waals surface area (Å²) in [6.07, 6.45) is 1.31. The molecule has 1 aliphatic rings. The van der Waals surface area contributed by atoms with Crippen LogP contribution in [-0.4, -0.2) is 16.7 Å². The lowest BCUT2D eigenvalue weighted by Gasteiger charge is -2.13. The number of benzene rings is 3. The Labute approximate surface area is 187 Å². The van der Waals surface area contributed by atoms with Gasteiger partial charge in [-0.1, -0.05) is 54.1 Å². The molecule has 32 heavy (non-hydrogen) atoms. The number of nitro groups is 1. The van der Waals surface area contributed by atoms with E-state index in [1.165, 1.54) is 24.3 Å². The van der Waals surface area contributed by atoms with Crippen molar-refractivity contribution in [3.8, 4) is 5.75 Å². The molecule has 3 aromatic carbocycles. The molecule has 0 aliphatic carbocycles. The van der Waals surface area contributed by atoms with Crippen LogP contribution in [0.3, 0.4) is 0 Å². The van der Waals surface area contributed by atoms with Gasteiger partial charge >= 0.3 is 5.69 Å². The Bertz CT molecular complexity index is 1240. The number of carbonyl (C=O) groups excluding carboxylic acids is 2. The lowest BCUT2D eigenvalue weighted by molar-refractivity contribution is -0.386. The Morgan fingerprint density at radius 1 is 1.03 bits per heavy atom. The van der Waals surface area contributed by atoms with Crippen LogP contribution in [0.1, 0.15) is 11.1 Å². The van der Waals surface area contributed by atoms with Gasteiger partial charge < -0.3 is 4.74 Å². The number of hydrogen-bond donors (Lipinski definition) is 1. The van der Waals surface area contributed by atoms with Crippen molar-refractivity contribution in [2.75, 3.05) is 5.01 Å². The van der Waals surface area contributed by atoms with Crippen LogP contribution in [-0.2, 0) is 16.2 Å². The number of amides is 2. The molecule has 0 radical (unpaired) electrons.